The van der Waals surface area contributed by atoms with Crippen LogP contribution in [-0.4, -0.2) is 37.1 Å². The van der Waals surface area contributed by atoms with Crippen LogP contribution in [0.1, 0.15) is 6.42 Å². The molecule has 0 saturated carbocycles. The molecule has 0 atom stereocenters. The van der Waals surface area contributed by atoms with E-state index in [9.17, 15) is 0 Å². The maximum atomic E-state index is 5.86. The number of rotatable bonds is 6. The van der Waals surface area contributed by atoms with E-state index >= 15 is 0 Å². The van der Waals surface area contributed by atoms with Crippen molar-refractivity contribution in [3.8, 4) is 17.0 Å². The molecule has 0 aliphatic heterocycles. The Kier molecular flexibility index (Phi) is 5.79. The van der Waals surface area contributed by atoms with E-state index in [1.165, 1.54) is 0 Å². The number of ether oxygens (including phenoxy) is 1. The standard InChI is InChI=1S/C16H19IN2O/c1-19(2)9-6-10-20-16-15(11-14(17)12-18-16)13-7-4-3-5-8-13/h3-5,7-8,11-12H,6,9-10H2,1-2H3. The monoisotopic (exact) mass is 382 g/mol. The van der Waals surface area contributed by atoms with E-state index in [0.29, 0.717) is 6.61 Å². The van der Waals surface area contributed by atoms with Crippen LogP contribution in [0, 0.1) is 3.57 Å². The van der Waals surface area contributed by atoms with Crippen LogP contribution in [0.4, 0.5) is 0 Å². The van der Waals surface area contributed by atoms with Crippen molar-refractivity contribution in [3.63, 3.8) is 0 Å². The predicted octanol–water partition coefficient (Wildman–Crippen LogP) is 3.68. The molecule has 0 aliphatic rings. The van der Waals surface area contributed by atoms with Gasteiger partial charge < -0.3 is 9.64 Å². The fourth-order valence-electron chi connectivity index (χ4n) is 1.92. The van der Waals surface area contributed by atoms with Crippen LogP contribution in [0.25, 0.3) is 11.1 Å². The maximum Gasteiger partial charge on any atom is 0.221 e. The zero-order valence-corrected chi connectivity index (χ0v) is 14.0. The summed E-state index contributed by atoms with van der Waals surface area (Å²) in [5, 5.41) is 0. The lowest BCUT2D eigenvalue weighted by Crippen LogP contribution is -2.15. The number of halogens is 1. The third kappa shape index (κ3) is 4.45. The number of aromatic nitrogens is 1. The van der Waals surface area contributed by atoms with E-state index in [0.717, 1.165) is 33.5 Å². The summed E-state index contributed by atoms with van der Waals surface area (Å²) in [6.45, 7) is 1.71. The Bertz CT molecular complexity index is 543. The van der Waals surface area contributed by atoms with E-state index in [-0.39, 0.29) is 0 Å². The molecule has 0 amide bonds. The molecule has 0 radical (unpaired) electrons. The SMILES string of the molecule is CN(C)CCCOc1ncc(I)cc1-c1ccccc1. The summed E-state index contributed by atoms with van der Waals surface area (Å²) in [5.41, 5.74) is 2.20. The minimum atomic E-state index is 0.686. The molecule has 20 heavy (non-hydrogen) atoms. The predicted molar refractivity (Wildman–Crippen MR) is 91.1 cm³/mol. The van der Waals surface area contributed by atoms with E-state index in [1.807, 2.05) is 24.4 Å². The second-order valence-corrected chi connectivity index (χ2v) is 6.12. The number of hydrogen-bond acceptors (Lipinski definition) is 3. The summed E-state index contributed by atoms with van der Waals surface area (Å²) >= 11 is 2.28. The molecule has 1 aromatic heterocycles. The van der Waals surface area contributed by atoms with Gasteiger partial charge in [-0.3, -0.25) is 0 Å². The van der Waals surface area contributed by atoms with Gasteiger partial charge in [0.25, 0.3) is 0 Å². The molecule has 106 valence electrons. The molecular formula is C16H19IN2O. The topological polar surface area (TPSA) is 25.4 Å². The molecule has 0 bridgehead atoms. The van der Waals surface area contributed by atoms with Gasteiger partial charge in [-0.15, -0.1) is 0 Å². The minimum absolute atomic E-state index is 0.686. The average molecular weight is 382 g/mol. The zero-order chi connectivity index (χ0) is 14.4. The maximum absolute atomic E-state index is 5.86. The summed E-state index contributed by atoms with van der Waals surface area (Å²) in [6, 6.07) is 12.4. The zero-order valence-electron chi connectivity index (χ0n) is 11.8. The van der Waals surface area contributed by atoms with Crippen LogP contribution in [0.15, 0.2) is 42.6 Å². The van der Waals surface area contributed by atoms with Crippen LogP contribution >= 0.6 is 22.6 Å². The molecule has 0 aliphatic carbocycles. The Hall–Kier alpha value is -1.14. The highest BCUT2D eigenvalue weighted by molar-refractivity contribution is 14.1. The highest BCUT2D eigenvalue weighted by atomic mass is 127. The largest absolute Gasteiger partial charge is 0.477 e. The van der Waals surface area contributed by atoms with Crippen LogP contribution in [-0.2, 0) is 0 Å². The molecule has 2 aromatic rings. The van der Waals surface area contributed by atoms with Crippen molar-refractivity contribution in [3.05, 3.63) is 46.2 Å². The first-order valence-corrected chi connectivity index (χ1v) is 7.73. The number of pyridine rings is 1. The van der Waals surface area contributed by atoms with Crippen molar-refractivity contribution < 1.29 is 4.74 Å². The van der Waals surface area contributed by atoms with Gasteiger partial charge in [-0.25, -0.2) is 4.98 Å². The first kappa shape index (κ1) is 15.3. The molecule has 0 fully saturated rings. The molecule has 0 spiro atoms. The highest BCUT2D eigenvalue weighted by Gasteiger charge is 2.08. The third-order valence-corrected chi connectivity index (χ3v) is 3.48. The van der Waals surface area contributed by atoms with Gasteiger partial charge in [0.05, 0.1) is 6.61 Å². The lowest BCUT2D eigenvalue weighted by molar-refractivity contribution is 0.274. The summed E-state index contributed by atoms with van der Waals surface area (Å²) in [6.07, 6.45) is 2.84. The summed E-state index contributed by atoms with van der Waals surface area (Å²) < 4.78 is 6.97. The van der Waals surface area contributed by atoms with Gasteiger partial charge in [-0.1, -0.05) is 30.3 Å². The summed E-state index contributed by atoms with van der Waals surface area (Å²) in [7, 11) is 4.14. The molecule has 3 nitrogen and oxygen atoms in total. The Balaban J connectivity index is 2.12. The second-order valence-electron chi connectivity index (χ2n) is 4.88. The van der Waals surface area contributed by atoms with Gasteiger partial charge in [0.15, 0.2) is 0 Å². The Morgan fingerprint density at radius 2 is 1.95 bits per heavy atom. The van der Waals surface area contributed by atoms with Crippen molar-refractivity contribution in [1.29, 1.82) is 0 Å². The Labute approximate surface area is 134 Å². The summed E-state index contributed by atoms with van der Waals surface area (Å²) in [4.78, 5) is 6.58. The van der Waals surface area contributed by atoms with E-state index in [2.05, 4.69) is 64.8 Å². The molecule has 1 heterocycles. The van der Waals surface area contributed by atoms with Crippen LogP contribution < -0.4 is 4.74 Å². The third-order valence-electron chi connectivity index (χ3n) is 2.89. The molecule has 2 rings (SSSR count). The molecule has 0 saturated heterocycles. The Morgan fingerprint density at radius 3 is 2.65 bits per heavy atom. The van der Waals surface area contributed by atoms with Gasteiger partial charge in [0, 0.05) is 21.9 Å². The molecular weight excluding hydrogens is 363 g/mol. The molecule has 4 heteroatoms. The van der Waals surface area contributed by atoms with Crippen LogP contribution in [0.2, 0.25) is 0 Å². The lowest BCUT2D eigenvalue weighted by Gasteiger charge is -2.13. The second kappa shape index (κ2) is 7.59. The first-order valence-electron chi connectivity index (χ1n) is 6.65. The van der Waals surface area contributed by atoms with E-state index in [1.54, 1.807) is 0 Å². The highest BCUT2D eigenvalue weighted by Crippen LogP contribution is 2.29. The van der Waals surface area contributed by atoms with Crippen LogP contribution in [0.5, 0.6) is 5.88 Å². The van der Waals surface area contributed by atoms with Crippen LogP contribution in [0.3, 0.4) is 0 Å². The molecule has 1 aromatic carbocycles. The fourth-order valence-corrected chi connectivity index (χ4v) is 2.37. The van der Waals surface area contributed by atoms with Gasteiger partial charge >= 0.3 is 0 Å². The summed E-state index contributed by atoms with van der Waals surface area (Å²) in [5.74, 6) is 0.718. The van der Waals surface area contributed by atoms with Gasteiger partial charge in [0.2, 0.25) is 5.88 Å². The van der Waals surface area contributed by atoms with Crippen molar-refractivity contribution in [2.75, 3.05) is 27.2 Å². The number of hydrogen-bond donors (Lipinski definition) is 0. The fraction of sp³-hybridized carbons (Fsp3) is 0.312. The first-order chi connectivity index (χ1) is 9.66. The Morgan fingerprint density at radius 1 is 1.20 bits per heavy atom. The van der Waals surface area contributed by atoms with E-state index in [4.69, 9.17) is 4.74 Å². The van der Waals surface area contributed by atoms with Gasteiger partial charge in [0.1, 0.15) is 0 Å². The smallest absolute Gasteiger partial charge is 0.221 e. The van der Waals surface area contributed by atoms with Gasteiger partial charge in [-0.05, 0) is 54.7 Å². The van der Waals surface area contributed by atoms with Gasteiger partial charge in [-0.2, -0.15) is 0 Å². The van der Waals surface area contributed by atoms with Crippen molar-refractivity contribution in [1.82, 2.24) is 9.88 Å². The quantitative estimate of drug-likeness (QED) is 0.563. The molecule has 0 N–H and O–H groups in total. The van der Waals surface area contributed by atoms with Crippen molar-refractivity contribution >= 4 is 22.6 Å². The number of nitrogens with zero attached hydrogens (tertiary/aromatic N) is 2. The minimum Gasteiger partial charge on any atom is -0.477 e. The number of benzene rings is 1. The lowest BCUT2D eigenvalue weighted by atomic mass is 10.1. The van der Waals surface area contributed by atoms with Crippen molar-refractivity contribution in [2.24, 2.45) is 0 Å². The van der Waals surface area contributed by atoms with Crippen molar-refractivity contribution in [2.45, 2.75) is 6.42 Å². The molecule has 0 unspecified atom stereocenters. The normalized spacial score (nSPS) is 10.8. The average Bonchev–Trinajstić information content (AvgIpc) is 2.45. The van der Waals surface area contributed by atoms with E-state index < -0.39 is 0 Å².